The van der Waals surface area contributed by atoms with Gasteiger partial charge in [-0.3, -0.25) is 4.98 Å². The minimum Gasteiger partial charge on any atom is -0.508 e. The molecule has 0 atom stereocenters. The number of nitrogens with zero attached hydrogens (tertiary/aromatic N) is 1. The molecule has 0 bridgehead atoms. The quantitative estimate of drug-likeness (QED) is 0.776. The lowest BCUT2D eigenvalue weighted by Gasteiger charge is -2.20. The summed E-state index contributed by atoms with van der Waals surface area (Å²) in [5, 5.41) is 9.55. The Hall–Kier alpha value is -2.03. The van der Waals surface area contributed by atoms with Crippen molar-refractivity contribution < 1.29 is 9.84 Å². The molecule has 0 unspecified atom stereocenters. The van der Waals surface area contributed by atoms with Crippen molar-refractivity contribution in [3.05, 3.63) is 41.2 Å². The van der Waals surface area contributed by atoms with E-state index in [4.69, 9.17) is 9.72 Å². The molecule has 2 rings (SSSR count). The molecule has 0 saturated heterocycles. The normalized spacial score (nSPS) is 10.8. The molecular weight excluding hydrogens is 286 g/mol. The highest BCUT2D eigenvalue weighted by Crippen LogP contribution is 2.38. The van der Waals surface area contributed by atoms with Gasteiger partial charge in [0, 0.05) is 22.5 Å². The summed E-state index contributed by atoms with van der Waals surface area (Å²) in [7, 11) is 0. The average molecular weight is 313 g/mol. The molecule has 1 aromatic heterocycles. The van der Waals surface area contributed by atoms with Crippen LogP contribution in [0, 0.1) is 6.92 Å². The van der Waals surface area contributed by atoms with E-state index in [-0.39, 0.29) is 5.75 Å². The Bertz CT molecular complexity index is 648. The fraction of sp³-hybridized carbons (Fsp3) is 0.450. The molecule has 1 N–H and O–H groups in total. The molecule has 0 aliphatic heterocycles. The van der Waals surface area contributed by atoms with E-state index in [1.807, 2.05) is 26.0 Å². The Morgan fingerprint density at radius 2 is 1.65 bits per heavy atom. The second kappa shape index (κ2) is 8.00. The van der Waals surface area contributed by atoms with Crippen LogP contribution in [0.15, 0.2) is 24.3 Å². The van der Waals surface area contributed by atoms with Crippen LogP contribution < -0.4 is 4.74 Å². The minimum absolute atomic E-state index is 0.272. The van der Waals surface area contributed by atoms with Crippen molar-refractivity contribution in [1.82, 2.24) is 4.98 Å². The summed E-state index contributed by atoms with van der Waals surface area (Å²) in [5.41, 5.74) is 5.48. The fourth-order valence-electron chi connectivity index (χ4n) is 3.00. The molecule has 0 aliphatic carbocycles. The summed E-state index contributed by atoms with van der Waals surface area (Å²) < 4.78 is 6.07. The highest BCUT2D eigenvalue weighted by molar-refractivity contribution is 5.75. The summed E-state index contributed by atoms with van der Waals surface area (Å²) in [5.74, 6) is 1.24. The van der Waals surface area contributed by atoms with Crippen molar-refractivity contribution in [2.45, 2.75) is 53.4 Å². The second-order valence-electron chi connectivity index (χ2n) is 5.81. The maximum atomic E-state index is 9.55. The summed E-state index contributed by atoms with van der Waals surface area (Å²) in [6.45, 7) is 9.06. The van der Waals surface area contributed by atoms with Gasteiger partial charge in [0.1, 0.15) is 11.5 Å². The molecule has 2 aromatic rings. The monoisotopic (exact) mass is 313 g/mol. The fourth-order valence-corrected chi connectivity index (χ4v) is 3.00. The van der Waals surface area contributed by atoms with Crippen molar-refractivity contribution in [1.29, 1.82) is 0 Å². The van der Waals surface area contributed by atoms with Crippen molar-refractivity contribution in [2.75, 3.05) is 6.61 Å². The van der Waals surface area contributed by atoms with Gasteiger partial charge in [-0.15, -0.1) is 0 Å². The van der Waals surface area contributed by atoms with Crippen molar-refractivity contribution in [2.24, 2.45) is 0 Å². The number of hydrogen-bond donors (Lipinski definition) is 1. The number of aromatic hydroxyl groups is 1. The molecule has 3 heteroatoms. The van der Waals surface area contributed by atoms with E-state index in [1.54, 1.807) is 12.1 Å². The van der Waals surface area contributed by atoms with Crippen molar-refractivity contribution in [3.8, 4) is 22.6 Å². The van der Waals surface area contributed by atoms with Gasteiger partial charge in [-0.25, -0.2) is 0 Å². The van der Waals surface area contributed by atoms with Gasteiger partial charge in [0.05, 0.1) is 6.61 Å². The lowest BCUT2D eigenvalue weighted by atomic mass is 9.95. The first-order chi connectivity index (χ1) is 11.1. The van der Waals surface area contributed by atoms with Crippen LogP contribution in [-0.4, -0.2) is 16.7 Å². The molecular formula is C20H27NO2. The third-order valence-electron chi connectivity index (χ3n) is 3.95. The van der Waals surface area contributed by atoms with Gasteiger partial charge < -0.3 is 9.84 Å². The van der Waals surface area contributed by atoms with Crippen molar-refractivity contribution in [3.63, 3.8) is 0 Å². The first-order valence-corrected chi connectivity index (χ1v) is 8.56. The third-order valence-corrected chi connectivity index (χ3v) is 3.95. The van der Waals surface area contributed by atoms with E-state index in [1.165, 1.54) is 5.56 Å². The van der Waals surface area contributed by atoms with E-state index >= 15 is 0 Å². The van der Waals surface area contributed by atoms with E-state index in [0.717, 1.165) is 53.9 Å². The summed E-state index contributed by atoms with van der Waals surface area (Å²) in [6.07, 6.45) is 4.10. The number of phenols is 1. The number of ether oxygens (including phenoxy) is 1. The number of hydrogen-bond acceptors (Lipinski definition) is 3. The summed E-state index contributed by atoms with van der Waals surface area (Å²) >= 11 is 0. The zero-order valence-electron chi connectivity index (χ0n) is 14.6. The largest absolute Gasteiger partial charge is 0.508 e. The summed E-state index contributed by atoms with van der Waals surface area (Å²) in [6, 6.07) is 7.28. The lowest BCUT2D eigenvalue weighted by molar-refractivity contribution is 0.336. The van der Waals surface area contributed by atoms with Gasteiger partial charge in [0.25, 0.3) is 0 Å². The van der Waals surface area contributed by atoms with Gasteiger partial charge in [-0.2, -0.15) is 0 Å². The number of phenolic OH excluding ortho intramolecular Hbond substituents is 1. The van der Waals surface area contributed by atoms with E-state index in [2.05, 4.69) is 13.8 Å². The third kappa shape index (κ3) is 3.84. The Kier molecular flexibility index (Phi) is 6.03. The maximum absolute atomic E-state index is 9.55. The zero-order valence-corrected chi connectivity index (χ0v) is 14.6. The molecule has 0 fully saturated rings. The Balaban J connectivity index is 2.68. The topological polar surface area (TPSA) is 42.4 Å². The molecule has 124 valence electrons. The van der Waals surface area contributed by atoms with Crippen molar-refractivity contribution >= 4 is 0 Å². The summed E-state index contributed by atoms with van der Waals surface area (Å²) in [4.78, 5) is 4.88. The number of aromatic nitrogens is 1. The van der Waals surface area contributed by atoms with E-state index in [9.17, 15) is 5.11 Å². The van der Waals surface area contributed by atoms with Gasteiger partial charge >= 0.3 is 0 Å². The smallest absolute Gasteiger partial charge is 0.133 e. The molecule has 3 nitrogen and oxygen atoms in total. The molecule has 1 heterocycles. The van der Waals surface area contributed by atoms with Gasteiger partial charge in [-0.05, 0) is 44.4 Å². The number of rotatable bonds is 7. The molecule has 0 amide bonds. The van der Waals surface area contributed by atoms with Crippen LogP contribution in [0.5, 0.6) is 11.5 Å². The number of pyridine rings is 1. The maximum Gasteiger partial charge on any atom is 0.133 e. The first kappa shape index (κ1) is 17.3. The predicted molar refractivity (Wildman–Crippen MR) is 95.2 cm³/mol. The predicted octanol–water partition coefficient (Wildman–Crippen LogP) is 5.07. The van der Waals surface area contributed by atoms with E-state index < -0.39 is 0 Å². The highest BCUT2D eigenvalue weighted by Gasteiger charge is 2.19. The number of benzene rings is 1. The Labute approximate surface area is 139 Å². The van der Waals surface area contributed by atoms with E-state index in [0.29, 0.717) is 6.61 Å². The Morgan fingerprint density at radius 1 is 1.00 bits per heavy atom. The molecule has 0 aliphatic rings. The molecule has 23 heavy (non-hydrogen) atoms. The zero-order chi connectivity index (χ0) is 16.8. The van der Waals surface area contributed by atoms with Gasteiger partial charge in [-0.1, -0.05) is 38.8 Å². The molecule has 0 radical (unpaired) electrons. The lowest BCUT2D eigenvalue weighted by Crippen LogP contribution is -2.08. The SMILES string of the molecule is CCCc1nc(C)c(-c2ccc(O)cc2)c(OCC)c1CCC. The average Bonchev–Trinajstić information content (AvgIpc) is 2.53. The van der Waals surface area contributed by atoms with Crippen LogP contribution in [0.1, 0.15) is 50.6 Å². The number of aryl methyl sites for hydroxylation is 2. The molecule has 0 spiro atoms. The van der Waals surface area contributed by atoms with Crippen LogP contribution in [0.4, 0.5) is 0 Å². The standard InChI is InChI=1S/C20H27NO2/c1-5-8-17-18(9-6-2)21-14(4)19(20(17)23-7-3)15-10-12-16(22)13-11-15/h10-13,22H,5-9H2,1-4H3. The highest BCUT2D eigenvalue weighted by atomic mass is 16.5. The second-order valence-corrected chi connectivity index (χ2v) is 5.81. The van der Waals surface area contributed by atoms with Crippen LogP contribution >= 0.6 is 0 Å². The molecule has 1 aromatic carbocycles. The van der Waals surface area contributed by atoms with Gasteiger partial charge in [0.15, 0.2) is 0 Å². The molecule has 0 saturated carbocycles. The van der Waals surface area contributed by atoms with Crippen LogP contribution in [-0.2, 0) is 12.8 Å². The van der Waals surface area contributed by atoms with Crippen LogP contribution in [0.2, 0.25) is 0 Å². The first-order valence-electron chi connectivity index (χ1n) is 8.56. The van der Waals surface area contributed by atoms with Crippen LogP contribution in [0.25, 0.3) is 11.1 Å². The van der Waals surface area contributed by atoms with Gasteiger partial charge in [0.2, 0.25) is 0 Å². The van der Waals surface area contributed by atoms with Crippen LogP contribution in [0.3, 0.4) is 0 Å². The minimum atomic E-state index is 0.272. The Morgan fingerprint density at radius 3 is 2.22 bits per heavy atom.